The maximum Gasteiger partial charge on any atom is 0.412 e. The summed E-state index contributed by atoms with van der Waals surface area (Å²) in [6, 6.07) is 0. The van der Waals surface area contributed by atoms with Crippen molar-refractivity contribution in [3.05, 3.63) is 23.8 Å². The zero-order valence-electron chi connectivity index (χ0n) is 7.77. The molecule has 0 bridgehead atoms. The highest BCUT2D eigenvalue weighted by Crippen LogP contribution is 2.34. The van der Waals surface area contributed by atoms with Crippen LogP contribution in [-0.4, -0.2) is 12.0 Å². The molecule has 0 amide bonds. The Balaban J connectivity index is 2.65. The Morgan fingerprint density at radius 1 is 1.57 bits per heavy atom. The lowest BCUT2D eigenvalue weighted by Crippen LogP contribution is -2.17. The van der Waals surface area contributed by atoms with Gasteiger partial charge in [0.2, 0.25) is 0 Å². The fraction of sp³-hybridized carbons (Fsp3) is 0.500. The maximum atomic E-state index is 12.3. The van der Waals surface area contributed by atoms with Crippen molar-refractivity contribution in [2.24, 2.45) is 5.92 Å². The number of hydrogen-bond acceptors (Lipinski definition) is 1. The van der Waals surface area contributed by atoms with Gasteiger partial charge in [0.25, 0.3) is 0 Å². The standard InChI is InChI=1S/C10H11F3O/c1-7(14)5-8-3-2-4-9(6-8)10(11,12)13/h2-4,8H,5-6H2,1H3. The summed E-state index contributed by atoms with van der Waals surface area (Å²) in [4.78, 5) is 10.7. The first-order valence-electron chi connectivity index (χ1n) is 4.33. The molecule has 0 fully saturated rings. The van der Waals surface area contributed by atoms with E-state index in [1.54, 1.807) is 6.08 Å². The Kier molecular flexibility index (Phi) is 3.13. The highest BCUT2D eigenvalue weighted by molar-refractivity contribution is 5.76. The molecule has 4 heteroatoms. The lowest BCUT2D eigenvalue weighted by molar-refractivity contribution is -0.118. The van der Waals surface area contributed by atoms with Crippen molar-refractivity contribution in [3.63, 3.8) is 0 Å². The lowest BCUT2D eigenvalue weighted by Gasteiger charge is -2.19. The zero-order chi connectivity index (χ0) is 10.8. The molecule has 1 rings (SSSR count). The average molecular weight is 204 g/mol. The summed E-state index contributed by atoms with van der Waals surface area (Å²) < 4.78 is 36.8. The summed E-state index contributed by atoms with van der Waals surface area (Å²) in [6.45, 7) is 1.39. The van der Waals surface area contributed by atoms with Gasteiger partial charge < -0.3 is 4.79 Å². The number of ketones is 1. The van der Waals surface area contributed by atoms with Crippen LogP contribution in [0.4, 0.5) is 13.2 Å². The van der Waals surface area contributed by atoms with Gasteiger partial charge in [-0.15, -0.1) is 0 Å². The Labute approximate surface area is 80.3 Å². The predicted molar refractivity (Wildman–Crippen MR) is 46.7 cm³/mol. The van der Waals surface area contributed by atoms with E-state index in [0.717, 1.165) is 6.08 Å². The van der Waals surface area contributed by atoms with E-state index in [0.29, 0.717) is 0 Å². The van der Waals surface area contributed by atoms with E-state index in [4.69, 9.17) is 0 Å². The molecule has 1 unspecified atom stereocenters. The number of hydrogen-bond donors (Lipinski definition) is 0. The Morgan fingerprint density at radius 3 is 2.71 bits per heavy atom. The minimum atomic E-state index is -4.26. The molecule has 0 spiro atoms. The van der Waals surface area contributed by atoms with Crippen LogP contribution in [0.2, 0.25) is 0 Å². The lowest BCUT2D eigenvalue weighted by atomic mass is 9.90. The molecule has 0 saturated carbocycles. The van der Waals surface area contributed by atoms with E-state index < -0.39 is 11.7 Å². The van der Waals surface area contributed by atoms with E-state index in [1.807, 2.05) is 0 Å². The van der Waals surface area contributed by atoms with E-state index in [1.165, 1.54) is 13.0 Å². The third kappa shape index (κ3) is 3.01. The van der Waals surface area contributed by atoms with Crippen LogP contribution in [0, 0.1) is 5.92 Å². The second-order valence-electron chi connectivity index (χ2n) is 3.44. The molecule has 0 heterocycles. The fourth-order valence-electron chi connectivity index (χ4n) is 1.47. The Hall–Kier alpha value is -1.06. The molecule has 0 N–H and O–H groups in total. The molecule has 0 radical (unpaired) electrons. The first-order valence-corrected chi connectivity index (χ1v) is 4.33. The van der Waals surface area contributed by atoms with Gasteiger partial charge in [-0.3, -0.25) is 0 Å². The highest BCUT2D eigenvalue weighted by atomic mass is 19.4. The van der Waals surface area contributed by atoms with Crippen LogP contribution in [0.3, 0.4) is 0 Å². The topological polar surface area (TPSA) is 17.1 Å². The molecule has 78 valence electrons. The summed E-state index contributed by atoms with van der Waals surface area (Å²) in [5.41, 5.74) is -0.550. The van der Waals surface area contributed by atoms with E-state index in [-0.39, 0.29) is 24.5 Å². The minimum Gasteiger partial charge on any atom is -0.300 e. The second kappa shape index (κ2) is 3.98. The van der Waals surface area contributed by atoms with E-state index >= 15 is 0 Å². The molecule has 1 nitrogen and oxygen atoms in total. The zero-order valence-corrected chi connectivity index (χ0v) is 7.77. The van der Waals surface area contributed by atoms with E-state index in [9.17, 15) is 18.0 Å². The molecule has 0 aromatic rings. The summed E-state index contributed by atoms with van der Waals surface area (Å²) in [6.07, 6.45) is -0.0729. The van der Waals surface area contributed by atoms with Gasteiger partial charge in [0, 0.05) is 12.0 Å². The first kappa shape index (κ1) is 11.0. The third-order valence-corrected chi connectivity index (χ3v) is 2.08. The predicted octanol–water partition coefficient (Wildman–Crippen LogP) is 3.03. The van der Waals surface area contributed by atoms with Crippen LogP contribution >= 0.6 is 0 Å². The van der Waals surface area contributed by atoms with Crippen molar-refractivity contribution in [1.29, 1.82) is 0 Å². The normalized spacial score (nSPS) is 22.0. The number of halogens is 3. The van der Waals surface area contributed by atoms with Crippen molar-refractivity contribution in [2.45, 2.75) is 25.9 Å². The van der Waals surface area contributed by atoms with Crippen molar-refractivity contribution in [3.8, 4) is 0 Å². The average Bonchev–Trinajstić information content (AvgIpc) is 2.01. The van der Waals surface area contributed by atoms with Gasteiger partial charge in [0.05, 0.1) is 0 Å². The molecule has 14 heavy (non-hydrogen) atoms. The smallest absolute Gasteiger partial charge is 0.300 e. The van der Waals surface area contributed by atoms with Crippen molar-refractivity contribution < 1.29 is 18.0 Å². The van der Waals surface area contributed by atoms with Crippen LogP contribution in [-0.2, 0) is 4.79 Å². The van der Waals surface area contributed by atoms with Crippen molar-refractivity contribution in [1.82, 2.24) is 0 Å². The van der Waals surface area contributed by atoms with Crippen molar-refractivity contribution in [2.75, 3.05) is 0 Å². The molecule has 1 atom stereocenters. The molecule has 0 aromatic carbocycles. The van der Waals surface area contributed by atoms with Crippen LogP contribution in [0.1, 0.15) is 19.8 Å². The van der Waals surface area contributed by atoms with Gasteiger partial charge in [-0.1, -0.05) is 18.2 Å². The van der Waals surface area contributed by atoms with Gasteiger partial charge in [0.1, 0.15) is 5.78 Å². The largest absolute Gasteiger partial charge is 0.412 e. The van der Waals surface area contributed by atoms with Crippen molar-refractivity contribution >= 4 is 5.78 Å². The monoisotopic (exact) mass is 204 g/mol. The number of allylic oxidation sites excluding steroid dienone is 4. The Morgan fingerprint density at radius 2 is 2.21 bits per heavy atom. The van der Waals surface area contributed by atoms with Gasteiger partial charge in [0.15, 0.2) is 0 Å². The van der Waals surface area contributed by atoms with Crippen LogP contribution in [0.5, 0.6) is 0 Å². The highest BCUT2D eigenvalue weighted by Gasteiger charge is 2.35. The summed E-state index contributed by atoms with van der Waals surface area (Å²) in [5, 5.41) is 0. The maximum absolute atomic E-state index is 12.3. The number of alkyl halides is 3. The van der Waals surface area contributed by atoms with Crippen LogP contribution < -0.4 is 0 Å². The van der Waals surface area contributed by atoms with Gasteiger partial charge in [-0.2, -0.15) is 13.2 Å². The second-order valence-corrected chi connectivity index (χ2v) is 3.44. The molecule has 1 aliphatic rings. The molecular weight excluding hydrogens is 193 g/mol. The SMILES string of the molecule is CC(=O)CC1C=CC=C(C(F)(F)F)C1. The van der Waals surface area contributed by atoms with Gasteiger partial charge in [-0.05, 0) is 19.3 Å². The van der Waals surface area contributed by atoms with Gasteiger partial charge >= 0.3 is 6.18 Å². The summed E-state index contributed by atoms with van der Waals surface area (Å²) in [5.74, 6) is -0.378. The van der Waals surface area contributed by atoms with Gasteiger partial charge in [-0.25, -0.2) is 0 Å². The quantitative estimate of drug-likeness (QED) is 0.675. The number of carbonyl (C=O) groups is 1. The molecular formula is C10H11F3O. The summed E-state index contributed by atoms with van der Waals surface area (Å²) >= 11 is 0. The molecule has 0 aliphatic heterocycles. The molecule has 0 aromatic heterocycles. The van der Waals surface area contributed by atoms with E-state index in [2.05, 4.69) is 0 Å². The summed E-state index contributed by atoms with van der Waals surface area (Å²) in [7, 11) is 0. The van der Waals surface area contributed by atoms with Crippen LogP contribution in [0.25, 0.3) is 0 Å². The molecule has 0 saturated heterocycles. The number of rotatable bonds is 2. The third-order valence-electron chi connectivity index (χ3n) is 2.08. The molecule has 1 aliphatic carbocycles. The minimum absolute atomic E-state index is 0.0805. The first-order chi connectivity index (χ1) is 6.39. The Bertz CT molecular complexity index is 286. The van der Waals surface area contributed by atoms with Crippen LogP contribution in [0.15, 0.2) is 23.8 Å². The number of Topliss-reactive ketones (excluding diaryl/α,β-unsaturated/α-hetero) is 1. The fourth-order valence-corrected chi connectivity index (χ4v) is 1.47. The number of carbonyl (C=O) groups excluding carboxylic acids is 1.